The first-order valence-corrected chi connectivity index (χ1v) is 2.90. The molecule has 1 rings (SSSR count). The fourth-order valence-corrected chi connectivity index (χ4v) is 0.596. The molecule has 0 bridgehead atoms. The van der Waals surface area contributed by atoms with E-state index in [9.17, 15) is 0 Å². The second-order valence-electron chi connectivity index (χ2n) is 1.84. The van der Waals surface area contributed by atoms with Gasteiger partial charge in [0.05, 0.1) is 6.10 Å². The van der Waals surface area contributed by atoms with Crippen LogP contribution in [0, 0.1) is 0 Å². The Kier molecular flexibility index (Phi) is 1.85. The summed E-state index contributed by atoms with van der Waals surface area (Å²) in [5.41, 5.74) is 0.609. The average molecular weight is 127 g/mol. The van der Waals surface area contributed by atoms with Crippen molar-refractivity contribution in [3.05, 3.63) is 18.4 Å². The molecule has 0 aliphatic carbocycles. The molecule has 1 aromatic rings. The van der Waals surface area contributed by atoms with E-state index in [4.69, 9.17) is 5.11 Å². The Labute approximate surface area is 53.3 Å². The Morgan fingerprint density at radius 1 is 1.89 bits per heavy atom. The zero-order valence-electron chi connectivity index (χ0n) is 5.24. The lowest BCUT2D eigenvalue weighted by atomic mass is 10.2. The topological polar surface area (TPSA) is 46.3 Å². The molecule has 3 nitrogen and oxygen atoms in total. The van der Waals surface area contributed by atoms with Gasteiger partial charge >= 0.3 is 0 Å². The summed E-state index contributed by atoms with van der Waals surface area (Å²) in [7, 11) is 0. The van der Waals surface area contributed by atoms with Crippen molar-refractivity contribution in [3.63, 3.8) is 0 Å². The number of rotatable bonds is 2. The van der Waals surface area contributed by atoms with Crippen molar-refractivity contribution in [2.45, 2.75) is 19.4 Å². The van der Waals surface area contributed by atoms with Crippen LogP contribution in [0.25, 0.3) is 0 Å². The smallest absolute Gasteiger partial charge is 0.180 e. The molecule has 3 heteroatoms. The molecule has 0 spiro atoms. The van der Waals surface area contributed by atoms with E-state index in [0.717, 1.165) is 0 Å². The highest BCUT2D eigenvalue weighted by Crippen LogP contribution is 2.11. The lowest BCUT2D eigenvalue weighted by molar-refractivity contribution is 0.168. The summed E-state index contributed by atoms with van der Waals surface area (Å²) < 4.78 is 4.67. The van der Waals surface area contributed by atoms with E-state index in [1.165, 1.54) is 12.7 Å². The predicted octanol–water partition coefficient (Wildman–Crippen LogP) is 1.12. The highest BCUT2D eigenvalue weighted by Gasteiger charge is 2.05. The Morgan fingerprint density at radius 2 is 2.67 bits per heavy atom. The third-order valence-electron chi connectivity index (χ3n) is 1.18. The minimum Gasteiger partial charge on any atom is -0.451 e. The first-order valence-electron chi connectivity index (χ1n) is 2.90. The first kappa shape index (κ1) is 6.29. The molecule has 0 amide bonds. The maximum absolute atomic E-state index is 9.10. The summed E-state index contributed by atoms with van der Waals surface area (Å²) in [6.45, 7) is 1.89. The van der Waals surface area contributed by atoms with Crippen LogP contribution >= 0.6 is 0 Å². The normalized spacial score (nSPS) is 13.6. The Hall–Kier alpha value is -0.830. The van der Waals surface area contributed by atoms with Crippen molar-refractivity contribution >= 4 is 0 Å². The van der Waals surface area contributed by atoms with Gasteiger partial charge in [-0.05, 0) is 6.42 Å². The molecule has 0 saturated heterocycles. The molecule has 0 aliphatic rings. The van der Waals surface area contributed by atoms with Crippen molar-refractivity contribution in [2.75, 3.05) is 0 Å². The van der Waals surface area contributed by atoms with Crippen LogP contribution in [-0.2, 0) is 0 Å². The Bertz CT molecular complexity index is 160. The summed E-state index contributed by atoms with van der Waals surface area (Å²) >= 11 is 0. The van der Waals surface area contributed by atoms with E-state index in [1.54, 1.807) is 0 Å². The summed E-state index contributed by atoms with van der Waals surface area (Å²) in [6.07, 6.45) is 2.97. The van der Waals surface area contributed by atoms with E-state index >= 15 is 0 Å². The summed E-state index contributed by atoms with van der Waals surface area (Å²) in [6, 6.07) is 0. The van der Waals surface area contributed by atoms with Crippen molar-refractivity contribution in [1.29, 1.82) is 0 Å². The quantitative estimate of drug-likeness (QED) is 0.647. The van der Waals surface area contributed by atoms with Crippen LogP contribution in [0.1, 0.15) is 25.1 Å². The predicted molar refractivity (Wildman–Crippen MR) is 31.8 cm³/mol. The van der Waals surface area contributed by atoms with Gasteiger partial charge in [0, 0.05) is 0 Å². The van der Waals surface area contributed by atoms with E-state index in [1.807, 2.05) is 6.92 Å². The van der Waals surface area contributed by atoms with Gasteiger partial charge in [-0.3, -0.25) is 0 Å². The van der Waals surface area contributed by atoms with Crippen molar-refractivity contribution in [1.82, 2.24) is 4.98 Å². The number of hydrogen-bond acceptors (Lipinski definition) is 3. The van der Waals surface area contributed by atoms with Crippen LogP contribution < -0.4 is 0 Å². The lowest BCUT2D eigenvalue weighted by Gasteiger charge is -1.99. The summed E-state index contributed by atoms with van der Waals surface area (Å²) in [5.74, 6) is 0. The van der Waals surface area contributed by atoms with Crippen LogP contribution in [0.2, 0.25) is 0 Å². The molecule has 50 valence electrons. The molecule has 9 heavy (non-hydrogen) atoms. The molecule has 0 aliphatic heterocycles. The van der Waals surface area contributed by atoms with Gasteiger partial charge < -0.3 is 9.52 Å². The van der Waals surface area contributed by atoms with Crippen LogP contribution in [0.4, 0.5) is 0 Å². The number of aliphatic hydroxyl groups excluding tert-OH is 1. The summed E-state index contributed by atoms with van der Waals surface area (Å²) in [4.78, 5) is 3.77. The number of nitrogens with zero attached hydrogens (tertiary/aromatic N) is 1. The first-order chi connectivity index (χ1) is 4.34. The molecular weight excluding hydrogens is 118 g/mol. The minimum absolute atomic E-state index is 0.469. The average Bonchev–Trinajstić information content (AvgIpc) is 2.37. The molecule has 1 aromatic heterocycles. The highest BCUT2D eigenvalue weighted by atomic mass is 16.3. The van der Waals surface area contributed by atoms with E-state index in [0.29, 0.717) is 12.1 Å². The molecule has 1 heterocycles. The number of aromatic nitrogens is 1. The molecule has 0 radical (unpaired) electrons. The van der Waals surface area contributed by atoms with Crippen molar-refractivity contribution < 1.29 is 9.52 Å². The highest BCUT2D eigenvalue weighted by molar-refractivity contribution is 4.94. The molecule has 0 unspecified atom stereocenters. The van der Waals surface area contributed by atoms with Gasteiger partial charge in [-0.25, -0.2) is 4.98 Å². The number of hydrogen-bond donors (Lipinski definition) is 1. The van der Waals surface area contributed by atoms with Crippen LogP contribution in [-0.4, -0.2) is 10.1 Å². The minimum atomic E-state index is -0.469. The van der Waals surface area contributed by atoms with Gasteiger partial charge in [-0.15, -0.1) is 0 Å². The fourth-order valence-electron chi connectivity index (χ4n) is 0.596. The second kappa shape index (κ2) is 2.64. The Morgan fingerprint density at radius 3 is 3.11 bits per heavy atom. The van der Waals surface area contributed by atoms with Crippen LogP contribution in [0.15, 0.2) is 17.1 Å². The molecule has 1 N–H and O–H groups in total. The van der Waals surface area contributed by atoms with Gasteiger partial charge in [0.2, 0.25) is 0 Å². The maximum Gasteiger partial charge on any atom is 0.180 e. The molecule has 0 fully saturated rings. The van der Waals surface area contributed by atoms with E-state index in [2.05, 4.69) is 9.40 Å². The van der Waals surface area contributed by atoms with Crippen molar-refractivity contribution in [2.24, 2.45) is 0 Å². The van der Waals surface area contributed by atoms with Gasteiger partial charge in [0.1, 0.15) is 12.0 Å². The molecule has 0 saturated carbocycles. The zero-order chi connectivity index (χ0) is 6.69. The van der Waals surface area contributed by atoms with Gasteiger partial charge in [-0.1, -0.05) is 6.92 Å². The Balaban J connectivity index is 2.65. The molecular formula is C6H9NO2. The zero-order valence-corrected chi connectivity index (χ0v) is 5.24. The summed E-state index contributed by atoms with van der Waals surface area (Å²) in [5, 5.41) is 9.10. The van der Waals surface area contributed by atoms with Gasteiger partial charge in [0.15, 0.2) is 6.39 Å². The molecule has 0 aromatic carbocycles. The standard InChI is InChI=1S/C6H9NO2/c1-2-6(8)5-3-9-4-7-5/h3-4,6,8H,2H2,1H3/t6-/m1/s1. The molecule has 1 atom stereocenters. The largest absolute Gasteiger partial charge is 0.451 e. The third-order valence-corrected chi connectivity index (χ3v) is 1.18. The monoisotopic (exact) mass is 127 g/mol. The second-order valence-corrected chi connectivity index (χ2v) is 1.84. The van der Waals surface area contributed by atoms with E-state index in [-0.39, 0.29) is 0 Å². The fraction of sp³-hybridized carbons (Fsp3) is 0.500. The SMILES string of the molecule is CC[C@@H](O)c1cocn1. The third kappa shape index (κ3) is 1.29. The maximum atomic E-state index is 9.10. The number of aliphatic hydroxyl groups is 1. The van der Waals surface area contributed by atoms with Crippen LogP contribution in [0.3, 0.4) is 0 Å². The van der Waals surface area contributed by atoms with Gasteiger partial charge in [0.25, 0.3) is 0 Å². The van der Waals surface area contributed by atoms with E-state index < -0.39 is 6.10 Å². The number of oxazole rings is 1. The van der Waals surface area contributed by atoms with Crippen molar-refractivity contribution in [3.8, 4) is 0 Å². The van der Waals surface area contributed by atoms with Gasteiger partial charge in [-0.2, -0.15) is 0 Å². The van der Waals surface area contributed by atoms with Crippen LogP contribution in [0.5, 0.6) is 0 Å². The lowest BCUT2D eigenvalue weighted by Crippen LogP contribution is -1.93.